The molecule has 1 aromatic heterocycles. The number of amides is 1. The summed E-state index contributed by atoms with van der Waals surface area (Å²) in [6.45, 7) is 3.53. The number of aromatic nitrogens is 2. The van der Waals surface area contributed by atoms with Gasteiger partial charge < -0.3 is 15.3 Å². The van der Waals surface area contributed by atoms with E-state index in [9.17, 15) is 23.1 Å². The molecule has 4 rings (SSSR count). The zero-order valence-electron chi connectivity index (χ0n) is 20.9. The number of nitrogens with zero attached hydrogens (tertiary/aromatic N) is 3. The number of rotatable bonds is 5. The standard InChI is InChI=1S/C27H31F3N4O2/c1-16(19-6-5-7-21(14-19)27(28,29)30)31-24-22-15-20(8-9-23(22)32-17(2)33-24)26(36)12-10-18(11-13-26)25(35)34(3)4/h5-9,14-16,18,36H,10-13H2,1-4H3,(H,31,32,33)/t16-,18?,26?/m1/s1. The number of carbonyl (C=O) groups excluding carboxylic acids is 1. The van der Waals surface area contributed by atoms with Crippen LogP contribution in [0.5, 0.6) is 0 Å². The Bertz CT molecular complexity index is 1270. The number of halogens is 3. The second-order valence-corrected chi connectivity index (χ2v) is 9.88. The molecule has 1 aliphatic rings. The highest BCUT2D eigenvalue weighted by Gasteiger charge is 2.38. The zero-order chi connectivity index (χ0) is 26.3. The topological polar surface area (TPSA) is 78.4 Å². The molecule has 0 aliphatic heterocycles. The van der Waals surface area contributed by atoms with Gasteiger partial charge in [0.2, 0.25) is 5.91 Å². The van der Waals surface area contributed by atoms with Crippen molar-refractivity contribution in [3.63, 3.8) is 0 Å². The summed E-state index contributed by atoms with van der Waals surface area (Å²) in [4.78, 5) is 23.0. The van der Waals surface area contributed by atoms with Gasteiger partial charge in [-0.15, -0.1) is 0 Å². The normalized spacial score (nSPS) is 21.3. The predicted molar refractivity (Wildman–Crippen MR) is 132 cm³/mol. The third-order valence-electron chi connectivity index (χ3n) is 7.01. The molecule has 9 heteroatoms. The van der Waals surface area contributed by atoms with E-state index in [4.69, 9.17) is 0 Å². The number of fused-ring (bicyclic) bond motifs is 1. The summed E-state index contributed by atoms with van der Waals surface area (Å²) in [6.07, 6.45) is -2.33. The maximum atomic E-state index is 13.2. The van der Waals surface area contributed by atoms with E-state index in [0.717, 1.165) is 12.1 Å². The summed E-state index contributed by atoms with van der Waals surface area (Å²) in [5.41, 5.74) is 0.0858. The minimum absolute atomic E-state index is 0.0782. The van der Waals surface area contributed by atoms with E-state index in [-0.39, 0.29) is 11.8 Å². The molecule has 1 atom stereocenters. The molecule has 36 heavy (non-hydrogen) atoms. The van der Waals surface area contributed by atoms with E-state index in [1.165, 1.54) is 6.07 Å². The van der Waals surface area contributed by atoms with Crippen LogP contribution in [-0.4, -0.2) is 40.0 Å². The molecule has 1 fully saturated rings. The van der Waals surface area contributed by atoms with Crippen LogP contribution in [0.15, 0.2) is 42.5 Å². The summed E-state index contributed by atoms with van der Waals surface area (Å²) in [6, 6.07) is 10.3. The third-order valence-corrected chi connectivity index (χ3v) is 7.01. The van der Waals surface area contributed by atoms with E-state index in [2.05, 4.69) is 15.3 Å². The van der Waals surface area contributed by atoms with Crippen molar-refractivity contribution in [3.8, 4) is 0 Å². The number of benzene rings is 2. The van der Waals surface area contributed by atoms with Crippen molar-refractivity contribution in [1.29, 1.82) is 0 Å². The number of aliphatic hydroxyl groups is 1. The summed E-state index contributed by atoms with van der Waals surface area (Å²) >= 11 is 0. The van der Waals surface area contributed by atoms with Gasteiger partial charge in [-0.25, -0.2) is 9.97 Å². The van der Waals surface area contributed by atoms with Gasteiger partial charge in [0.05, 0.1) is 16.7 Å². The van der Waals surface area contributed by atoms with Crippen LogP contribution >= 0.6 is 0 Å². The lowest BCUT2D eigenvalue weighted by molar-refractivity contribution is -0.138. The fourth-order valence-electron chi connectivity index (χ4n) is 4.91. The third kappa shape index (κ3) is 5.31. The van der Waals surface area contributed by atoms with Crippen LogP contribution in [0.25, 0.3) is 10.9 Å². The molecule has 6 nitrogen and oxygen atoms in total. The summed E-state index contributed by atoms with van der Waals surface area (Å²) in [7, 11) is 3.48. The summed E-state index contributed by atoms with van der Waals surface area (Å²) in [5, 5.41) is 15.4. The quantitative estimate of drug-likeness (QED) is 0.477. The minimum atomic E-state index is -4.42. The Kier molecular flexibility index (Phi) is 6.96. The number of hydrogen-bond acceptors (Lipinski definition) is 5. The Hall–Kier alpha value is -3.20. The SMILES string of the molecule is Cc1nc(N[C@H](C)c2cccc(C(F)(F)F)c2)c2cc(C3(O)CCC(C(=O)N(C)C)CC3)ccc2n1. The summed E-state index contributed by atoms with van der Waals surface area (Å²) < 4.78 is 39.6. The molecule has 2 aromatic carbocycles. The molecule has 0 spiro atoms. The van der Waals surface area contributed by atoms with Gasteiger partial charge in [0.1, 0.15) is 11.6 Å². The van der Waals surface area contributed by atoms with Crippen molar-refractivity contribution in [2.45, 2.75) is 57.3 Å². The maximum absolute atomic E-state index is 13.2. The van der Waals surface area contributed by atoms with Crippen molar-refractivity contribution in [1.82, 2.24) is 14.9 Å². The van der Waals surface area contributed by atoms with Crippen molar-refractivity contribution in [3.05, 3.63) is 65.0 Å². The molecule has 1 amide bonds. The number of anilines is 1. The molecule has 1 heterocycles. The van der Waals surface area contributed by atoms with Crippen LogP contribution in [0.3, 0.4) is 0 Å². The highest BCUT2D eigenvalue weighted by molar-refractivity contribution is 5.90. The molecule has 192 valence electrons. The number of nitrogens with one attached hydrogen (secondary N) is 1. The number of aryl methyl sites for hydroxylation is 1. The van der Waals surface area contributed by atoms with Gasteiger partial charge in [-0.1, -0.05) is 18.2 Å². The van der Waals surface area contributed by atoms with Gasteiger partial charge in [0, 0.05) is 31.4 Å². The van der Waals surface area contributed by atoms with E-state index >= 15 is 0 Å². The smallest absolute Gasteiger partial charge is 0.385 e. The van der Waals surface area contributed by atoms with Crippen molar-refractivity contribution < 1.29 is 23.1 Å². The van der Waals surface area contributed by atoms with Gasteiger partial charge in [0.15, 0.2) is 0 Å². The van der Waals surface area contributed by atoms with Gasteiger partial charge >= 0.3 is 6.18 Å². The minimum Gasteiger partial charge on any atom is -0.385 e. The molecule has 1 aliphatic carbocycles. The van der Waals surface area contributed by atoms with Crippen molar-refractivity contribution in [2.24, 2.45) is 5.92 Å². The first-order valence-corrected chi connectivity index (χ1v) is 12.0. The first-order chi connectivity index (χ1) is 16.9. The van der Waals surface area contributed by atoms with Crippen molar-refractivity contribution in [2.75, 3.05) is 19.4 Å². The number of carbonyl (C=O) groups is 1. The van der Waals surface area contributed by atoms with E-state index < -0.39 is 23.4 Å². The highest BCUT2D eigenvalue weighted by atomic mass is 19.4. The molecule has 0 unspecified atom stereocenters. The lowest BCUT2D eigenvalue weighted by Gasteiger charge is -2.36. The Morgan fingerprint density at radius 3 is 2.47 bits per heavy atom. The summed E-state index contributed by atoms with van der Waals surface area (Å²) in [5.74, 6) is 0.992. The van der Waals surface area contributed by atoms with E-state index in [0.29, 0.717) is 59.4 Å². The van der Waals surface area contributed by atoms with Gasteiger partial charge in [-0.3, -0.25) is 4.79 Å². The van der Waals surface area contributed by atoms with Crippen molar-refractivity contribution >= 4 is 22.6 Å². The average molecular weight is 501 g/mol. The predicted octanol–water partition coefficient (Wildman–Crippen LogP) is 5.60. The van der Waals surface area contributed by atoms with Gasteiger partial charge in [-0.2, -0.15) is 13.2 Å². The fourth-order valence-corrected chi connectivity index (χ4v) is 4.91. The maximum Gasteiger partial charge on any atom is 0.416 e. The van der Waals surface area contributed by atoms with E-state index in [1.54, 1.807) is 38.9 Å². The first-order valence-electron chi connectivity index (χ1n) is 12.0. The molecular weight excluding hydrogens is 469 g/mol. The molecule has 0 radical (unpaired) electrons. The first kappa shape index (κ1) is 25.9. The average Bonchev–Trinajstić information content (AvgIpc) is 2.83. The largest absolute Gasteiger partial charge is 0.416 e. The van der Waals surface area contributed by atoms with Crippen LogP contribution in [-0.2, 0) is 16.6 Å². The zero-order valence-corrected chi connectivity index (χ0v) is 20.9. The lowest BCUT2D eigenvalue weighted by Crippen LogP contribution is -2.37. The Morgan fingerprint density at radius 1 is 1.14 bits per heavy atom. The van der Waals surface area contributed by atoms with Gasteiger partial charge in [-0.05, 0) is 74.9 Å². The molecule has 2 N–H and O–H groups in total. The number of hydrogen-bond donors (Lipinski definition) is 2. The second-order valence-electron chi connectivity index (χ2n) is 9.88. The van der Waals surface area contributed by atoms with E-state index in [1.807, 2.05) is 18.2 Å². The lowest BCUT2D eigenvalue weighted by atomic mass is 9.74. The molecular formula is C27H31F3N4O2. The molecule has 0 saturated heterocycles. The Balaban J connectivity index is 1.63. The fraction of sp³-hybridized carbons (Fsp3) is 0.444. The molecule has 3 aromatic rings. The Labute approximate surface area is 208 Å². The molecule has 1 saturated carbocycles. The Morgan fingerprint density at radius 2 is 1.83 bits per heavy atom. The molecule has 0 bridgehead atoms. The monoisotopic (exact) mass is 500 g/mol. The van der Waals surface area contributed by atoms with Crippen LogP contribution in [0.4, 0.5) is 19.0 Å². The van der Waals surface area contributed by atoms with Crippen LogP contribution < -0.4 is 5.32 Å². The van der Waals surface area contributed by atoms with Crippen LogP contribution in [0.2, 0.25) is 0 Å². The van der Waals surface area contributed by atoms with Gasteiger partial charge in [0.25, 0.3) is 0 Å². The second kappa shape index (κ2) is 9.69. The van der Waals surface area contributed by atoms with Crippen LogP contribution in [0.1, 0.15) is 61.2 Å². The number of alkyl halides is 3. The van der Waals surface area contributed by atoms with Crippen LogP contribution in [0, 0.1) is 12.8 Å². The highest BCUT2D eigenvalue weighted by Crippen LogP contribution is 2.41.